The molecule has 0 saturated heterocycles. The van der Waals surface area contributed by atoms with Crippen molar-refractivity contribution in [2.24, 2.45) is 27.9 Å². The molecule has 0 amide bonds. The molecule has 0 radical (unpaired) electrons. The maximum Gasteiger partial charge on any atom is 0.0651 e. The van der Waals surface area contributed by atoms with Crippen molar-refractivity contribution >= 4 is 0 Å². The quantitative estimate of drug-likeness (QED) is 0.582. The third-order valence-electron chi connectivity index (χ3n) is 8.35. The van der Waals surface area contributed by atoms with Crippen molar-refractivity contribution < 1.29 is 4.74 Å². The van der Waals surface area contributed by atoms with Gasteiger partial charge in [-0.3, -0.25) is 0 Å². The van der Waals surface area contributed by atoms with Gasteiger partial charge in [0.15, 0.2) is 0 Å². The average molecular weight is 326 g/mol. The molecule has 0 heterocycles. The number of nitrogens with two attached hydrogens (primary N) is 1. The Kier molecular flexibility index (Phi) is 6.41. The third-order valence-corrected chi connectivity index (χ3v) is 8.35. The monoisotopic (exact) mass is 325 g/mol. The summed E-state index contributed by atoms with van der Waals surface area (Å²) in [6.45, 7) is 18.8. The van der Waals surface area contributed by atoms with Gasteiger partial charge < -0.3 is 10.5 Å². The average Bonchev–Trinajstić information content (AvgIpc) is 2.52. The zero-order valence-corrected chi connectivity index (χ0v) is 17.4. The lowest BCUT2D eigenvalue weighted by Gasteiger charge is -2.66. The van der Waals surface area contributed by atoms with E-state index in [-0.39, 0.29) is 17.1 Å². The summed E-state index contributed by atoms with van der Waals surface area (Å²) in [7, 11) is 1.87. The van der Waals surface area contributed by atoms with Crippen LogP contribution in [0.25, 0.3) is 0 Å². The van der Waals surface area contributed by atoms with E-state index < -0.39 is 0 Å². The van der Waals surface area contributed by atoms with Crippen molar-refractivity contribution in [3.05, 3.63) is 0 Å². The molecule has 138 valence electrons. The predicted octanol–water partition coefficient (Wildman–Crippen LogP) is 5.79. The van der Waals surface area contributed by atoms with Crippen LogP contribution in [0.5, 0.6) is 0 Å². The SMILES string of the molecule is CCC(C)(CC(C(C)(C)C(C)N)C1(CC)CCC1(C)CC)OC. The lowest BCUT2D eigenvalue weighted by molar-refractivity contribution is -0.178. The van der Waals surface area contributed by atoms with Gasteiger partial charge in [-0.1, -0.05) is 48.0 Å². The summed E-state index contributed by atoms with van der Waals surface area (Å²) < 4.78 is 5.96. The standard InChI is InChI=1S/C21H43NO/c1-10-19(7)13-14-21(19,12-3)17(18(5,6)16(4)22)15-20(8,11-2)23-9/h16-17H,10-15,22H2,1-9H3. The van der Waals surface area contributed by atoms with Crippen LogP contribution in [-0.4, -0.2) is 18.8 Å². The Labute approximate surface area is 145 Å². The predicted molar refractivity (Wildman–Crippen MR) is 102 cm³/mol. The van der Waals surface area contributed by atoms with Gasteiger partial charge in [0.25, 0.3) is 0 Å². The zero-order chi connectivity index (χ0) is 18.1. The van der Waals surface area contributed by atoms with Crippen molar-refractivity contribution in [2.75, 3.05) is 7.11 Å². The molecule has 0 bridgehead atoms. The van der Waals surface area contributed by atoms with Crippen LogP contribution < -0.4 is 5.73 Å². The fourth-order valence-corrected chi connectivity index (χ4v) is 5.14. The van der Waals surface area contributed by atoms with E-state index in [4.69, 9.17) is 10.5 Å². The zero-order valence-electron chi connectivity index (χ0n) is 17.4. The summed E-state index contributed by atoms with van der Waals surface area (Å²) in [5.41, 5.74) is 7.39. The maximum atomic E-state index is 6.49. The van der Waals surface area contributed by atoms with E-state index in [2.05, 4.69) is 55.4 Å². The molecule has 1 saturated carbocycles. The van der Waals surface area contributed by atoms with Crippen molar-refractivity contribution in [3.8, 4) is 0 Å². The van der Waals surface area contributed by atoms with Crippen LogP contribution in [0, 0.1) is 22.2 Å². The molecule has 5 unspecified atom stereocenters. The topological polar surface area (TPSA) is 35.2 Å². The van der Waals surface area contributed by atoms with Crippen LogP contribution in [-0.2, 0) is 4.74 Å². The summed E-state index contributed by atoms with van der Waals surface area (Å²) in [6, 6.07) is 0.190. The minimum absolute atomic E-state index is 0.0523. The molecule has 0 spiro atoms. The highest BCUT2D eigenvalue weighted by atomic mass is 16.5. The van der Waals surface area contributed by atoms with Gasteiger partial charge in [0.1, 0.15) is 0 Å². The molecule has 0 aromatic rings. The van der Waals surface area contributed by atoms with E-state index in [1.807, 2.05) is 7.11 Å². The maximum absolute atomic E-state index is 6.49. The molecule has 5 atom stereocenters. The fraction of sp³-hybridized carbons (Fsp3) is 1.00. The summed E-state index contributed by atoms with van der Waals surface area (Å²) in [6.07, 6.45) is 7.39. The largest absolute Gasteiger partial charge is 0.379 e. The van der Waals surface area contributed by atoms with Crippen LogP contribution in [0.15, 0.2) is 0 Å². The molecule has 1 aliphatic carbocycles. The summed E-state index contributed by atoms with van der Waals surface area (Å²) >= 11 is 0. The van der Waals surface area contributed by atoms with E-state index in [1.54, 1.807) is 0 Å². The second-order valence-corrected chi connectivity index (χ2v) is 9.30. The first-order chi connectivity index (χ1) is 10.5. The van der Waals surface area contributed by atoms with Crippen molar-refractivity contribution in [2.45, 2.75) is 106 Å². The normalized spacial score (nSPS) is 33.7. The second kappa shape index (κ2) is 7.04. The highest BCUT2D eigenvalue weighted by Crippen LogP contribution is 2.68. The van der Waals surface area contributed by atoms with Crippen molar-refractivity contribution in [1.29, 1.82) is 0 Å². The Bertz CT molecular complexity index is 377. The lowest BCUT2D eigenvalue weighted by Crippen LogP contribution is -2.60. The van der Waals surface area contributed by atoms with Crippen molar-refractivity contribution in [1.82, 2.24) is 0 Å². The van der Waals surface area contributed by atoms with E-state index in [0.717, 1.165) is 12.8 Å². The first-order valence-corrected chi connectivity index (χ1v) is 9.79. The molecule has 2 nitrogen and oxygen atoms in total. The summed E-state index contributed by atoms with van der Waals surface area (Å²) in [4.78, 5) is 0. The number of methoxy groups -OCH3 is 1. The molecule has 0 aromatic heterocycles. The Morgan fingerprint density at radius 2 is 1.65 bits per heavy atom. The van der Waals surface area contributed by atoms with Crippen molar-refractivity contribution in [3.63, 3.8) is 0 Å². The summed E-state index contributed by atoms with van der Waals surface area (Å²) in [5, 5.41) is 0. The van der Waals surface area contributed by atoms with Crippen LogP contribution in [0.2, 0.25) is 0 Å². The molecule has 1 rings (SSSR count). The van der Waals surface area contributed by atoms with E-state index in [1.165, 1.54) is 25.7 Å². The Balaban J connectivity index is 3.35. The van der Waals surface area contributed by atoms with Gasteiger partial charge in [-0.25, -0.2) is 0 Å². The molecule has 1 fully saturated rings. The smallest absolute Gasteiger partial charge is 0.0651 e. The molecule has 0 aliphatic heterocycles. The Morgan fingerprint density at radius 3 is 1.91 bits per heavy atom. The fourth-order valence-electron chi connectivity index (χ4n) is 5.14. The minimum atomic E-state index is -0.0523. The third kappa shape index (κ3) is 3.35. The van der Waals surface area contributed by atoms with E-state index in [9.17, 15) is 0 Å². The number of hydrogen-bond acceptors (Lipinski definition) is 2. The van der Waals surface area contributed by atoms with Gasteiger partial charge in [-0.15, -0.1) is 0 Å². The highest BCUT2D eigenvalue weighted by Gasteiger charge is 2.61. The lowest BCUT2D eigenvalue weighted by atomic mass is 9.39. The molecular formula is C21H43NO. The second-order valence-electron chi connectivity index (χ2n) is 9.30. The van der Waals surface area contributed by atoms with Crippen LogP contribution in [0.3, 0.4) is 0 Å². The van der Waals surface area contributed by atoms with Gasteiger partial charge >= 0.3 is 0 Å². The highest BCUT2D eigenvalue weighted by molar-refractivity contribution is 5.11. The molecular weight excluding hydrogens is 282 g/mol. The first kappa shape index (κ1) is 21.0. The molecule has 2 heteroatoms. The first-order valence-electron chi connectivity index (χ1n) is 9.79. The van der Waals surface area contributed by atoms with Gasteiger partial charge in [-0.05, 0) is 68.1 Å². The number of hydrogen-bond donors (Lipinski definition) is 1. The Hall–Kier alpha value is -0.0800. The van der Waals surface area contributed by atoms with E-state index in [0.29, 0.717) is 16.7 Å². The van der Waals surface area contributed by atoms with Crippen LogP contribution >= 0.6 is 0 Å². The molecule has 0 aromatic carbocycles. The van der Waals surface area contributed by atoms with Gasteiger partial charge in [0.05, 0.1) is 5.60 Å². The number of ether oxygens (including phenoxy) is 1. The van der Waals surface area contributed by atoms with E-state index >= 15 is 0 Å². The van der Waals surface area contributed by atoms with Gasteiger partial charge in [0, 0.05) is 13.2 Å². The molecule has 1 aliphatic rings. The Morgan fingerprint density at radius 1 is 1.09 bits per heavy atom. The minimum Gasteiger partial charge on any atom is -0.379 e. The summed E-state index contributed by atoms with van der Waals surface area (Å²) in [5.74, 6) is 0.587. The van der Waals surface area contributed by atoms with Gasteiger partial charge in [0.2, 0.25) is 0 Å². The van der Waals surface area contributed by atoms with Gasteiger partial charge in [-0.2, -0.15) is 0 Å². The van der Waals surface area contributed by atoms with Crippen LogP contribution in [0.4, 0.5) is 0 Å². The van der Waals surface area contributed by atoms with Crippen LogP contribution in [0.1, 0.15) is 93.9 Å². The molecule has 2 N–H and O–H groups in total. The number of rotatable bonds is 9. The molecule has 23 heavy (non-hydrogen) atoms.